The lowest BCUT2D eigenvalue weighted by Gasteiger charge is -2.22. The molecule has 0 aliphatic heterocycles. The number of alkyl carbamates (subject to hydrolysis) is 1. The van der Waals surface area contributed by atoms with Gasteiger partial charge in [-0.2, -0.15) is 10.0 Å². The topological polar surface area (TPSA) is 196 Å². The van der Waals surface area contributed by atoms with Crippen LogP contribution >= 0.6 is 0 Å². The van der Waals surface area contributed by atoms with E-state index in [1.54, 1.807) is 20.8 Å². The molecular formula is C22H22F2N10O5. The molecule has 3 heterocycles. The van der Waals surface area contributed by atoms with Crippen molar-refractivity contribution in [3.63, 3.8) is 0 Å². The number of rotatable bonds is 9. The molecule has 15 nitrogen and oxygen atoms in total. The summed E-state index contributed by atoms with van der Waals surface area (Å²) in [5, 5.41) is 36.4. The highest BCUT2D eigenvalue weighted by Crippen LogP contribution is 2.28. The molecule has 17 heteroatoms. The zero-order valence-electron chi connectivity index (χ0n) is 20.8. The number of carboxylic acids is 1. The van der Waals surface area contributed by atoms with Crippen molar-refractivity contribution in [3.8, 4) is 34.4 Å². The molecule has 0 saturated heterocycles. The molecule has 1 atom stereocenters. The Labute approximate surface area is 218 Å². The molecule has 3 N–H and O–H groups in total. The molecule has 0 spiro atoms. The van der Waals surface area contributed by atoms with Crippen molar-refractivity contribution >= 4 is 12.1 Å². The van der Waals surface area contributed by atoms with Gasteiger partial charge in [-0.1, -0.05) is 0 Å². The molecule has 1 unspecified atom stereocenters. The monoisotopic (exact) mass is 544 g/mol. The molecule has 4 rings (SSSR count). The van der Waals surface area contributed by atoms with Crippen LogP contribution in [0.3, 0.4) is 0 Å². The Morgan fingerprint density at radius 2 is 1.95 bits per heavy atom. The van der Waals surface area contributed by atoms with Gasteiger partial charge in [-0.25, -0.2) is 18.6 Å². The minimum Gasteiger partial charge on any atom is -0.481 e. The Kier molecular flexibility index (Phi) is 7.68. The highest BCUT2D eigenvalue weighted by molar-refractivity contribution is 5.71. The zero-order chi connectivity index (χ0) is 28.2. The van der Waals surface area contributed by atoms with Gasteiger partial charge in [0.15, 0.2) is 5.82 Å². The van der Waals surface area contributed by atoms with Crippen molar-refractivity contribution in [1.29, 1.82) is 0 Å². The van der Waals surface area contributed by atoms with Gasteiger partial charge in [-0.15, -0.1) is 20.4 Å². The summed E-state index contributed by atoms with van der Waals surface area (Å²) in [6.07, 6.45) is 0.00834. The highest BCUT2D eigenvalue weighted by Gasteiger charge is 2.23. The van der Waals surface area contributed by atoms with Crippen LogP contribution in [-0.2, 0) is 16.1 Å². The van der Waals surface area contributed by atoms with E-state index in [2.05, 4.69) is 46.3 Å². The predicted molar refractivity (Wildman–Crippen MR) is 126 cm³/mol. The zero-order valence-corrected chi connectivity index (χ0v) is 20.8. The Morgan fingerprint density at radius 1 is 1.15 bits per heavy atom. The fourth-order valence-corrected chi connectivity index (χ4v) is 3.23. The number of carbonyl (C=O) groups excluding carboxylic acids is 1. The average Bonchev–Trinajstić information content (AvgIpc) is 3.51. The number of aromatic amines is 1. The second kappa shape index (κ2) is 11.1. The minimum atomic E-state index is -1.17. The Hall–Kier alpha value is -5.09. The van der Waals surface area contributed by atoms with Crippen LogP contribution in [-0.4, -0.2) is 74.6 Å². The molecule has 0 bridgehead atoms. The number of carbonyl (C=O) groups is 2. The summed E-state index contributed by atoms with van der Waals surface area (Å²) in [6.45, 7) is 4.81. The lowest BCUT2D eigenvalue weighted by atomic mass is 10.2. The number of benzene rings is 1. The molecule has 1 amide bonds. The average molecular weight is 544 g/mol. The molecular weight excluding hydrogens is 522 g/mol. The summed E-state index contributed by atoms with van der Waals surface area (Å²) in [5.41, 5.74) is -0.578. The number of pyridine rings is 1. The molecule has 4 aromatic rings. The number of hydrogen-bond donors (Lipinski definition) is 3. The summed E-state index contributed by atoms with van der Waals surface area (Å²) in [7, 11) is 0. The lowest BCUT2D eigenvalue weighted by Crippen LogP contribution is -2.42. The quantitative estimate of drug-likeness (QED) is 0.279. The smallest absolute Gasteiger partial charge is 0.407 e. The normalized spacial score (nSPS) is 12.1. The van der Waals surface area contributed by atoms with Crippen LogP contribution in [0.1, 0.15) is 27.2 Å². The third kappa shape index (κ3) is 7.24. The van der Waals surface area contributed by atoms with E-state index in [-0.39, 0.29) is 35.1 Å². The SMILES string of the molecule is CC(C)(C)OC(=O)NC(CC(=O)O)Cn1nnc(-c2ccc(Oc3ncc(-c4nn[nH]n4)cc3F)cc2F)n1. The molecule has 0 aliphatic rings. The number of aliphatic carboxylic acids is 1. The fourth-order valence-electron chi connectivity index (χ4n) is 3.23. The van der Waals surface area contributed by atoms with Gasteiger partial charge >= 0.3 is 12.1 Å². The van der Waals surface area contributed by atoms with E-state index >= 15 is 0 Å². The standard InChI is InChI=1S/C22H22F2N10O5/c1-22(2,3)39-21(37)26-12(7-17(35)36)10-34-30-19(29-33-34)14-5-4-13(8-15(14)23)38-20-16(24)6-11(9-25-20)18-27-31-32-28-18/h4-6,8-9,12H,7,10H2,1-3H3,(H,26,37)(H,35,36)(H,27,28,31,32). The summed E-state index contributed by atoms with van der Waals surface area (Å²) in [4.78, 5) is 28.2. The van der Waals surface area contributed by atoms with Crippen LogP contribution in [0.2, 0.25) is 0 Å². The second-order valence-electron chi connectivity index (χ2n) is 9.10. The summed E-state index contributed by atoms with van der Waals surface area (Å²) < 4.78 is 39.8. The number of aromatic nitrogens is 9. The molecule has 0 radical (unpaired) electrons. The molecule has 0 saturated carbocycles. The van der Waals surface area contributed by atoms with Crippen molar-refractivity contribution in [3.05, 3.63) is 42.1 Å². The maximum atomic E-state index is 14.9. The maximum absolute atomic E-state index is 14.9. The van der Waals surface area contributed by atoms with Crippen molar-refractivity contribution in [1.82, 2.24) is 51.1 Å². The molecule has 3 aromatic heterocycles. The van der Waals surface area contributed by atoms with Crippen LogP contribution in [0.4, 0.5) is 13.6 Å². The number of nitrogens with zero attached hydrogens (tertiary/aromatic N) is 8. The predicted octanol–water partition coefficient (Wildman–Crippen LogP) is 2.35. The number of carboxylic acid groups (broad SMARTS) is 1. The van der Waals surface area contributed by atoms with Crippen molar-refractivity contribution in [2.24, 2.45) is 0 Å². The summed E-state index contributed by atoms with van der Waals surface area (Å²) in [5.74, 6) is -3.23. The van der Waals surface area contributed by atoms with Crippen molar-refractivity contribution in [2.45, 2.75) is 45.4 Å². The number of ether oxygens (including phenoxy) is 2. The Morgan fingerprint density at radius 3 is 2.59 bits per heavy atom. The third-order valence-electron chi connectivity index (χ3n) is 4.79. The fraction of sp³-hybridized carbons (Fsp3) is 0.318. The van der Waals surface area contributed by atoms with Gasteiger partial charge in [0, 0.05) is 17.8 Å². The minimum absolute atomic E-state index is 0.0505. The van der Waals surface area contributed by atoms with Crippen LogP contribution in [0.25, 0.3) is 22.8 Å². The second-order valence-corrected chi connectivity index (χ2v) is 9.10. The first-order valence-corrected chi connectivity index (χ1v) is 11.3. The number of H-pyrrole nitrogens is 1. The van der Waals surface area contributed by atoms with E-state index in [0.717, 1.165) is 16.9 Å². The van der Waals surface area contributed by atoms with Gasteiger partial charge in [0.05, 0.1) is 24.6 Å². The first-order valence-electron chi connectivity index (χ1n) is 11.3. The van der Waals surface area contributed by atoms with Gasteiger partial charge in [0.2, 0.25) is 11.6 Å². The van der Waals surface area contributed by atoms with Crippen molar-refractivity contribution < 1.29 is 33.0 Å². The maximum Gasteiger partial charge on any atom is 0.407 e. The first kappa shape index (κ1) is 27.0. The number of hydrogen-bond acceptors (Lipinski definition) is 11. The van der Waals surface area contributed by atoms with Crippen LogP contribution < -0.4 is 10.1 Å². The van der Waals surface area contributed by atoms with E-state index in [1.807, 2.05) is 0 Å². The van der Waals surface area contributed by atoms with E-state index in [9.17, 15) is 23.5 Å². The number of amides is 1. The van der Waals surface area contributed by atoms with Crippen molar-refractivity contribution in [2.75, 3.05) is 0 Å². The number of tetrazole rings is 2. The Bertz CT molecular complexity index is 1470. The Balaban J connectivity index is 1.45. The third-order valence-corrected chi connectivity index (χ3v) is 4.79. The van der Waals surface area contributed by atoms with Gasteiger partial charge in [-0.3, -0.25) is 4.79 Å². The molecule has 0 fully saturated rings. The number of nitrogens with one attached hydrogen (secondary N) is 2. The van der Waals surface area contributed by atoms with Gasteiger partial charge in [-0.05, 0) is 49.4 Å². The highest BCUT2D eigenvalue weighted by atomic mass is 19.1. The van der Waals surface area contributed by atoms with Crippen LogP contribution in [0.15, 0.2) is 30.5 Å². The summed E-state index contributed by atoms with van der Waals surface area (Å²) in [6, 6.07) is 3.79. The van der Waals surface area contributed by atoms with E-state index in [1.165, 1.54) is 18.3 Å². The summed E-state index contributed by atoms with van der Waals surface area (Å²) >= 11 is 0. The van der Waals surface area contributed by atoms with Gasteiger partial charge in [0.25, 0.3) is 5.88 Å². The van der Waals surface area contributed by atoms with E-state index in [4.69, 9.17) is 9.47 Å². The lowest BCUT2D eigenvalue weighted by molar-refractivity contribution is -0.137. The first-order chi connectivity index (χ1) is 18.5. The molecule has 0 aliphatic carbocycles. The van der Waals surface area contributed by atoms with Crippen LogP contribution in [0.5, 0.6) is 11.6 Å². The molecule has 39 heavy (non-hydrogen) atoms. The van der Waals surface area contributed by atoms with E-state index in [0.29, 0.717) is 0 Å². The molecule has 204 valence electrons. The number of halogens is 2. The van der Waals surface area contributed by atoms with Crippen LogP contribution in [0, 0.1) is 11.6 Å². The van der Waals surface area contributed by atoms with Gasteiger partial charge < -0.3 is 19.9 Å². The van der Waals surface area contributed by atoms with E-state index < -0.39 is 47.6 Å². The van der Waals surface area contributed by atoms with Gasteiger partial charge in [0.1, 0.15) is 17.2 Å². The largest absolute Gasteiger partial charge is 0.481 e. The molecule has 1 aromatic carbocycles.